The number of rotatable bonds is 4. The molecule has 0 aliphatic carbocycles. The molecule has 0 amide bonds. The van der Waals surface area contributed by atoms with Gasteiger partial charge in [0.1, 0.15) is 6.61 Å². The van der Waals surface area contributed by atoms with E-state index in [1.807, 2.05) is 45.0 Å². The van der Waals surface area contributed by atoms with Gasteiger partial charge in [-0.1, -0.05) is 55.5 Å². The lowest BCUT2D eigenvalue weighted by atomic mass is 9.90. The van der Waals surface area contributed by atoms with Crippen molar-refractivity contribution in [3.05, 3.63) is 60.2 Å². The van der Waals surface area contributed by atoms with Gasteiger partial charge in [-0.2, -0.15) is 0 Å². The molecule has 23 heavy (non-hydrogen) atoms. The van der Waals surface area contributed by atoms with Crippen LogP contribution in [0.2, 0.25) is 0 Å². The minimum Gasteiger partial charge on any atom is -0.460 e. The fourth-order valence-corrected chi connectivity index (χ4v) is 2.74. The first-order valence-electron chi connectivity index (χ1n) is 8.09. The van der Waals surface area contributed by atoms with Crippen LogP contribution in [0.3, 0.4) is 0 Å². The SMILES string of the molecule is CCC(C)(C)C(=O)OCc1c2ccccc2cc2ccccc12. The molecular weight excluding hydrogens is 284 g/mol. The Labute approximate surface area is 137 Å². The highest BCUT2D eigenvalue weighted by molar-refractivity contribution is 6.02. The number of fused-ring (bicyclic) bond motifs is 2. The average molecular weight is 306 g/mol. The first-order valence-corrected chi connectivity index (χ1v) is 8.09. The van der Waals surface area contributed by atoms with Crippen LogP contribution >= 0.6 is 0 Å². The van der Waals surface area contributed by atoms with E-state index in [0.717, 1.165) is 22.8 Å². The third-order valence-electron chi connectivity index (χ3n) is 4.67. The number of carbonyl (C=O) groups excluding carboxylic acids is 1. The van der Waals surface area contributed by atoms with Crippen LogP contribution in [-0.2, 0) is 16.1 Å². The number of esters is 1. The highest BCUT2D eigenvalue weighted by Gasteiger charge is 2.27. The van der Waals surface area contributed by atoms with E-state index < -0.39 is 5.41 Å². The van der Waals surface area contributed by atoms with Crippen molar-refractivity contribution in [2.24, 2.45) is 5.41 Å². The molecule has 0 unspecified atom stereocenters. The molecule has 0 saturated carbocycles. The van der Waals surface area contributed by atoms with Crippen molar-refractivity contribution >= 4 is 27.5 Å². The van der Waals surface area contributed by atoms with E-state index in [4.69, 9.17) is 4.74 Å². The molecular formula is C21H22O2. The Morgan fingerprint density at radius 1 is 0.957 bits per heavy atom. The third-order valence-corrected chi connectivity index (χ3v) is 4.67. The first-order chi connectivity index (χ1) is 11.0. The van der Waals surface area contributed by atoms with Crippen molar-refractivity contribution in [2.45, 2.75) is 33.8 Å². The zero-order valence-electron chi connectivity index (χ0n) is 13.9. The van der Waals surface area contributed by atoms with E-state index >= 15 is 0 Å². The van der Waals surface area contributed by atoms with Gasteiger partial charge in [0, 0.05) is 5.56 Å². The molecule has 0 N–H and O–H groups in total. The van der Waals surface area contributed by atoms with Gasteiger partial charge in [0.15, 0.2) is 0 Å². The number of ether oxygens (including phenoxy) is 1. The van der Waals surface area contributed by atoms with Crippen molar-refractivity contribution < 1.29 is 9.53 Å². The Morgan fingerprint density at radius 3 is 2.00 bits per heavy atom. The molecule has 3 aromatic carbocycles. The number of hydrogen-bond donors (Lipinski definition) is 0. The molecule has 3 rings (SSSR count). The zero-order chi connectivity index (χ0) is 16.4. The predicted octanol–water partition coefficient (Wildman–Crippen LogP) is 5.47. The molecule has 0 saturated heterocycles. The van der Waals surface area contributed by atoms with E-state index in [2.05, 4.69) is 30.3 Å². The van der Waals surface area contributed by atoms with Gasteiger partial charge in [-0.15, -0.1) is 0 Å². The van der Waals surface area contributed by atoms with E-state index in [9.17, 15) is 4.79 Å². The highest BCUT2D eigenvalue weighted by Crippen LogP contribution is 2.30. The molecule has 0 aromatic heterocycles. The number of carbonyl (C=O) groups is 1. The molecule has 0 radical (unpaired) electrons. The van der Waals surface area contributed by atoms with E-state index in [-0.39, 0.29) is 5.97 Å². The Bertz CT molecular complexity index is 808. The lowest BCUT2D eigenvalue weighted by Gasteiger charge is -2.21. The molecule has 0 spiro atoms. The van der Waals surface area contributed by atoms with Crippen molar-refractivity contribution in [3.8, 4) is 0 Å². The van der Waals surface area contributed by atoms with Crippen LogP contribution in [0.5, 0.6) is 0 Å². The van der Waals surface area contributed by atoms with Gasteiger partial charge in [-0.05, 0) is 47.9 Å². The van der Waals surface area contributed by atoms with Crippen LogP contribution < -0.4 is 0 Å². The molecule has 118 valence electrons. The fraction of sp³-hybridized carbons (Fsp3) is 0.286. The molecule has 0 bridgehead atoms. The molecule has 0 aliphatic rings. The Morgan fingerprint density at radius 2 is 1.48 bits per heavy atom. The molecule has 2 nitrogen and oxygen atoms in total. The van der Waals surface area contributed by atoms with Gasteiger partial charge >= 0.3 is 5.97 Å². The van der Waals surface area contributed by atoms with Crippen LogP contribution in [0, 0.1) is 5.41 Å². The van der Waals surface area contributed by atoms with Gasteiger partial charge < -0.3 is 4.74 Å². The zero-order valence-corrected chi connectivity index (χ0v) is 13.9. The van der Waals surface area contributed by atoms with Crippen molar-refractivity contribution in [1.82, 2.24) is 0 Å². The maximum absolute atomic E-state index is 12.3. The summed E-state index contributed by atoms with van der Waals surface area (Å²) < 4.78 is 5.66. The van der Waals surface area contributed by atoms with Crippen LogP contribution in [0.15, 0.2) is 54.6 Å². The second-order valence-corrected chi connectivity index (χ2v) is 6.61. The smallest absolute Gasteiger partial charge is 0.311 e. The maximum Gasteiger partial charge on any atom is 0.311 e. The fourth-order valence-electron chi connectivity index (χ4n) is 2.74. The second-order valence-electron chi connectivity index (χ2n) is 6.61. The summed E-state index contributed by atoms with van der Waals surface area (Å²) in [5.74, 6) is -0.142. The Kier molecular flexibility index (Phi) is 4.08. The van der Waals surface area contributed by atoms with Crippen LogP contribution in [0.1, 0.15) is 32.8 Å². The Hall–Kier alpha value is -2.35. The molecule has 0 aliphatic heterocycles. The van der Waals surface area contributed by atoms with Gasteiger partial charge in [0.2, 0.25) is 0 Å². The minimum atomic E-state index is -0.444. The third kappa shape index (κ3) is 2.94. The molecule has 3 aromatic rings. The standard InChI is InChI=1S/C21H22O2/c1-4-21(2,3)20(22)23-14-19-17-11-7-5-9-15(17)13-16-10-6-8-12-18(16)19/h5-13H,4,14H2,1-3H3. The average Bonchev–Trinajstić information content (AvgIpc) is 2.58. The van der Waals surface area contributed by atoms with Crippen molar-refractivity contribution in [2.75, 3.05) is 0 Å². The lowest BCUT2D eigenvalue weighted by Crippen LogP contribution is -2.25. The van der Waals surface area contributed by atoms with Crippen molar-refractivity contribution in [3.63, 3.8) is 0 Å². The van der Waals surface area contributed by atoms with Gasteiger partial charge in [-0.3, -0.25) is 4.79 Å². The van der Waals surface area contributed by atoms with Crippen LogP contribution in [0.4, 0.5) is 0 Å². The largest absolute Gasteiger partial charge is 0.460 e. The number of hydrogen-bond acceptors (Lipinski definition) is 2. The minimum absolute atomic E-state index is 0.142. The number of benzene rings is 3. The van der Waals surface area contributed by atoms with Crippen LogP contribution in [-0.4, -0.2) is 5.97 Å². The van der Waals surface area contributed by atoms with Gasteiger partial charge in [-0.25, -0.2) is 0 Å². The summed E-state index contributed by atoms with van der Waals surface area (Å²) in [7, 11) is 0. The summed E-state index contributed by atoms with van der Waals surface area (Å²) >= 11 is 0. The van der Waals surface area contributed by atoms with Gasteiger partial charge in [0.25, 0.3) is 0 Å². The quantitative estimate of drug-likeness (QED) is 0.472. The first kappa shape index (κ1) is 15.5. The summed E-state index contributed by atoms with van der Waals surface area (Å²) in [5, 5.41) is 4.64. The summed E-state index contributed by atoms with van der Waals surface area (Å²) in [5.41, 5.74) is 0.638. The second kappa shape index (κ2) is 6.04. The predicted molar refractivity (Wildman–Crippen MR) is 95.3 cm³/mol. The monoisotopic (exact) mass is 306 g/mol. The topological polar surface area (TPSA) is 26.3 Å². The lowest BCUT2D eigenvalue weighted by molar-refractivity contribution is -0.155. The van der Waals surface area contributed by atoms with E-state index in [0.29, 0.717) is 6.61 Å². The van der Waals surface area contributed by atoms with Gasteiger partial charge in [0.05, 0.1) is 5.41 Å². The summed E-state index contributed by atoms with van der Waals surface area (Å²) in [6.45, 7) is 6.17. The Balaban J connectivity index is 2.05. The molecule has 0 fully saturated rings. The van der Waals surface area contributed by atoms with Crippen LogP contribution in [0.25, 0.3) is 21.5 Å². The summed E-state index contributed by atoms with van der Waals surface area (Å²) in [6.07, 6.45) is 0.766. The highest BCUT2D eigenvalue weighted by atomic mass is 16.5. The molecule has 0 heterocycles. The molecule has 0 atom stereocenters. The van der Waals surface area contributed by atoms with Crippen molar-refractivity contribution in [1.29, 1.82) is 0 Å². The maximum atomic E-state index is 12.3. The summed E-state index contributed by atoms with van der Waals surface area (Å²) in [4.78, 5) is 12.3. The summed E-state index contributed by atoms with van der Waals surface area (Å²) in [6, 6.07) is 18.7. The van der Waals surface area contributed by atoms with E-state index in [1.165, 1.54) is 10.8 Å². The van der Waals surface area contributed by atoms with E-state index in [1.54, 1.807) is 0 Å². The normalized spacial score (nSPS) is 11.8. The molecule has 2 heteroatoms.